The Hall–Kier alpha value is -2.12. The summed E-state index contributed by atoms with van der Waals surface area (Å²) in [6.45, 7) is 6.57. The Balaban J connectivity index is 0.00000320. The van der Waals surface area contributed by atoms with E-state index in [-0.39, 0.29) is 24.4 Å². The summed E-state index contributed by atoms with van der Waals surface area (Å²) in [6.07, 6.45) is 0. The molecule has 2 N–H and O–H groups in total. The number of hydrogen-bond acceptors (Lipinski definition) is 5. The molecule has 0 aromatic heterocycles. The molecular weight excluding hydrogens is 402 g/mol. The van der Waals surface area contributed by atoms with E-state index in [9.17, 15) is 4.79 Å². The van der Waals surface area contributed by atoms with E-state index in [0.717, 1.165) is 42.1 Å². The quantitative estimate of drug-likeness (QED) is 0.636. The van der Waals surface area contributed by atoms with Crippen molar-refractivity contribution in [3.8, 4) is 5.75 Å². The lowest BCUT2D eigenvalue weighted by molar-refractivity contribution is -0.123. The van der Waals surface area contributed by atoms with Gasteiger partial charge < -0.3 is 20.1 Å². The topological polar surface area (TPSA) is 62.8 Å². The summed E-state index contributed by atoms with van der Waals surface area (Å²) in [5.74, 6) is 0.884. The molecule has 2 aromatic rings. The van der Waals surface area contributed by atoms with Crippen LogP contribution in [-0.2, 0) is 22.7 Å². The first-order valence-electron chi connectivity index (χ1n) is 10.2. The largest absolute Gasteiger partial charge is 0.496 e. The second-order valence-electron chi connectivity index (χ2n) is 7.11. The van der Waals surface area contributed by atoms with Crippen LogP contribution in [0, 0.1) is 0 Å². The van der Waals surface area contributed by atoms with Crippen LogP contribution in [-0.4, -0.2) is 50.7 Å². The second-order valence-corrected chi connectivity index (χ2v) is 7.11. The third-order valence-corrected chi connectivity index (χ3v) is 5.25. The fourth-order valence-corrected chi connectivity index (χ4v) is 3.70. The van der Waals surface area contributed by atoms with Gasteiger partial charge in [0.25, 0.3) is 0 Å². The Kier molecular flexibility index (Phi) is 10.1. The van der Waals surface area contributed by atoms with Crippen molar-refractivity contribution in [3.63, 3.8) is 0 Å². The van der Waals surface area contributed by atoms with Crippen LogP contribution in [0.5, 0.6) is 5.75 Å². The molecule has 1 aliphatic rings. The van der Waals surface area contributed by atoms with Crippen molar-refractivity contribution in [2.75, 3.05) is 39.9 Å². The number of hydrogen-bond donors (Lipinski definition) is 2. The first kappa shape index (κ1) is 24.2. The Labute approximate surface area is 185 Å². The maximum atomic E-state index is 12.7. The summed E-state index contributed by atoms with van der Waals surface area (Å²) >= 11 is 0. The summed E-state index contributed by atoms with van der Waals surface area (Å²) < 4.78 is 11.1. The van der Waals surface area contributed by atoms with Gasteiger partial charge in [0.1, 0.15) is 5.75 Å². The highest BCUT2D eigenvalue weighted by molar-refractivity contribution is 5.85. The van der Waals surface area contributed by atoms with Gasteiger partial charge >= 0.3 is 0 Å². The molecule has 1 amide bonds. The number of carbonyl (C=O) groups is 1. The lowest BCUT2D eigenvalue weighted by Crippen LogP contribution is -2.49. The average Bonchev–Trinajstić information content (AvgIpc) is 2.77. The number of halogens is 1. The van der Waals surface area contributed by atoms with Gasteiger partial charge in [-0.1, -0.05) is 42.5 Å². The van der Waals surface area contributed by atoms with Crippen LogP contribution in [0.25, 0.3) is 0 Å². The highest BCUT2D eigenvalue weighted by Gasteiger charge is 2.27. The van der Waals surface area contributed by atoms with Gasteiger partial charge in [-0.25, -0.2) is 0 Å². The SMILES string of the molecule is CCOCc1ccccc1CNC(=O)CN1CCNCC1c1ccccc1OC.Cl. The van der Waals surface area contributed by atoms with Crippen LogP contribution < -0.4 is 15.4 Å². The van der Waals surface area contributed by atoms with Gasteiger partial charge in [-0.3, -0.25) is 9.69 Å². The standard InChI is InChI=1S/C23H31N3O3.ClH/c1-3-29-17-19-9-5-4-8-18(19)14-25-23(27)16-26-13-12-24-15-21(26)20-10-6-7-11-22(20)28-2;/h4-11,21,24H,3,12-17H2,1-2H3,(H,25,27);1H. The summed E-state index contributed by atoms with van der Waals surface area (Å²) in [7, 11) is 1.69. The van der Waals surface area contributed by atoms with Crippen LogP contribution >= 0.6 is 12.4 Å². The van der Waals surface area contributed by atoms with E-state index < -0.39 is 0 Å². The first-order valence-corrected chi connectivity index (χ1v) is 10.2. The Bertz CT molecular complexity index is 803. The number of piperazine rings is 1. The molecule has 1 unspecified atom stereocenters. The molecule has 2 aromatic carbocycles. The van der Waals surface area contributed by atoms with E-state index >= 15 is 0 Å². The molecule has 1 fully saturated rings. The fraction of sp³-hybridized carbons (Fsp3) is 0.435. The molecule has 0 bridgehead atoms. The molecule has 3 rings (SSSR count). The van der Waals surface area contributed by atoms with E-state index in [0.29, 0.717) is 26.3 Å². The van der Waals surface area contributed by atoms with Gasteiger partial charge in [-0.05, 0) is 24.1 Å². The molecule has 1 saturated heterocycles. The van der Waals surface area contributed by atoms with E-state index in [1.165, 1.54) is 0 Å². The molecule has 6 nitrogen and oxygen atoms in total. The number of nitrogens with zero attached hydrogens (tertiary/aromatic N) is 1. The van der Waals surface area contributed by atoms with Gasteiger partial charge in [0.05, 0.1) is 26.3 Å². The summed E-state index contributed by atoms with van der Waals surface area (Å²) in [5.41, 5.74) is 3.32. The number of nitrogens with one attached hydrogen (secondary N) is 2. The van der Waals surface area contributed by atoms with Crippen molar-refractivity contribution in [1.82, 2.24) is 15.5 Å². The molecular formula is C23H32ClN3O3. The third kappa shape index (κ3) is 6.44. The predicted octanol–water partition coefficient (Wildman–Crippen LogP) is 2.92. The van der Waals surface area contributed by atoms with Crippen molar-refractivity contribution >= 4 is 18.3 Å². The van der Waals surface area contributed by atoms with Gasteiger partial charge in [0.15, 0.2) is 0 Å². The Morgan fingerprint density at radius 1 is 1.17 bits per heavy atom. The number of amides is 1. The molecule has 164 valence electrons. The fourth-order valence-electron chi connectivity index (χ4n) is 3.70. The van der Waals surface area contributed by atoms with E-state index in [2.05, 4.69) is 21.6 Å². The van der Waals surface area contributed by atoms with Crippen LogP contribution in [0.4, 0.5) is 0 Å². The Morgan fingerprint density at radius 2 is 1.90 bits per heavy atom. The number of para-hydroxylation sites is 1. The van der Waals surface area contributed by atoms with Crippen molar-refractivity contribution in [3.05, 3.63) is 65.2 Å². The zero-order valence-corrected chi connectivity index (χ0v) is 18.5. The van der Waals surface area contributed by atoms with Crippen molar-refractivity contribution in [2.24, 2.45) is 0 Å². The highest BCUT2D eigenvalue weighted by atomic mass is 35.5. The maximum Gasteiger partial charge on any atom is 0.234 e. The lowest BCUT2D eigenvalue weighted by atomic mass is 10.0. The monoisotopic (exact) mass is 433 g/mol. The average molecular weight is 434 g/mol. The normalized spacial score (nSPS) is 16.5. The van der Waals surface area contributed by atoms with Crippen LogP contribution in [0.1, 0.15) is 29.7 Å². The Morgan fingerprint density at radius 3 is 2.67 bits per heavy atom. The first-order chi connectivity index (χ1) is 14.2. The van der Waals surface area contributed by atoms with E-state index in [1.54, 1.807) is 7.11 Å². The number of carbonyl (C=O) groups excluding carboxylic acids is 1. The van der Waals surface area contributed by atoms with Gasteiger partial charge in [0.2, 0.25) is 5.91 Å². The number of benzene rings is 2. The molecule has 0 aliphatic carbocycles. The lowest BCUT2D eigenvalue weighted by Gasteiger charge is -2.36. The zero-order chi connectivity index (χ0) is 20.5. The van der Waals surface area contributed by atoms with Crippen LogP contribution in [0.2, 0.25) is 0 Å². The smallest absolute Gasteiger partial charge is 0.234 e. The van der Waals surface area contributed by atoms with Crippen LogP contribution in [0.3, 0.4) is 0 Å². The predicted molar refractivity (Wildman–Crippen MR) is 121 cm³/mol. The number of rotatable bonds is 9. The third-order valence-electron chi connectivity index (χ3n) is 5.25. The van der Waals surface area contributed by atoms with Gasteiger partial charge in [-0.2, -0.15) is 0 Å². The van der Waals surface area contributed by atoms with E-state index in [1.807, 2.05) is 49.4 Å². The van der Waals surface area contributed by atoms with Crippen molar-refractivity contribution in [2.45, 2.75) is 26.1 Å². The molecule has 30 heavy (non-hydrogen) atoms. The molecule has 0 saturated carbocycles. The summed E-state index contributed by atoms with van der Waals surface area (Å²) in [6, 6.07) is 16.2. The second kappa shape index (κ2) is 12.5. The summed E-state index contributed by atoms with van der Waals surface area (Å²) in [5, 5.41) is 6.51. The minimum atomic E-state index is 0. The summed E-state index contributed by atoms with van der Waals surface area (Å²) in [4.78, 5) is 14.9. The molecule has 0 spiro atoms. The van der Waals surface area contributed by atoms with Gasteiger partial charge in [-0.15, -0.1) is 12.4 Å². The van der Waals surface area contributed by atoms with Crippen LogP contribution in [0.15, 0.2) is 48.5 Å². The maximum absolute atomic E-state index is 12.7. The minimum Gasteiger partial charge on any atom is -0.496 e. The number of ether oxygens (including phenoxy) is 2. The van der Waals surface area contributed by atoms with Crippen molar-refractivity contribution < 1.29 is 14.3 Å². The van der Waals surface area contributed by atoms with Crippen molar-refractivity contribution in [1.29, 1.82) is 0 Å². The molecule has 1 heterocycles. The molecule has 1 aliphatic heterocycles. The van der Waals surface area contributed by atoms with Gasteiger partial charge in [0, 0.05) is 38.3 Å². The molecule has 1 atom stereocenters. The zero-order valence-electron chi connectivity index (χ0n) is 17.7. The van der Waals surface area contributed by atoms with E-state index in [4.69, 9.17) is 9.47 Å². The molecule has 7 heteroatoms. The molecule has 0 radical (unpaired) electrons. The number of methoxy groups -OCH3 is 1. The minimum absolute atomic E-state index is 0. The highest BCUT2D eigenvalue weighted by Crippen LogP contribution is 2.29.